The zero-order valence-corrected chi connectivity index (χ0v) is 34.4. The van der Waals surface area contributed by atoms with Crippen LogP contribution in [0.5, 0.6) is 0 Å². The van der Waals surface area contributed by atoms with E-state index in [1.807, 2.05) is 140 Å². The zero-order chi connectivity index (χ0) is 43.0. The predicted octanol–water partition coefficient (Wildman–Crippen LogP) is 7.14. The first-order chi connectivity index (χ1) is 29.6. The van der Waals surface area contributed by atoms with Crippen LogP contribution in [0.1, 0.15) is 42.5 Å². The van der Waals surface area contributed by atoms with Gasteiger partial charge in [0.25, 0.3) is 0 Å². The number of rotatable bonds is 21. The first-order valence-corrected chi connectivity index (χ1v) is 20.7. The molecule has 1 amide bonds. The molecule has 14 heteroatoms. The van der Waals surface area contributed by atoms with Gasteiger partial charge in [-0.25, -0.2) is 0 Å². The lowest BCUT2D eigenvalue weighted by atomic mass is 9.88. The van der Waals surface area contributed by atoms with Crippen molar-refractivity contribution in [3.8, 4) is 0 Å². The molecule has 2 saturated heterocycles. The van der Waals surface area contributed by atoms with Gasteiger partial charge in [-0.2, -0.15) is 13.2 Å². The van der Waals surface area contributed by atoms with Crippen LogP contribution in [0.4, 0.5) is 13.2 Å². The lowest BCUT2D eigenvalue weighted by molar-refractivity contribution is -0.357. The van der Waals surface area contributed by atoms with Gasteiger partial charge in [0.15, 0.2) is 12.6 Å². The molecule has 2 N–H and O–H groups in total. The maximum Gasteiger partial charge on any atom is 0.471 e. The molecule has 0 spiro atoms. The number of nitrogens with one attached hydrogen (secondary N) is 1. The van der Waals surface area contributed by atoms with E-state index in [4.69, 9.17) is 37.9 Å². The summed E-state index contributed by atoms with van der Waals surface area (Å²) in [6.45, 7) is 4.78. The van der Waals surface area contributed by atoms with E-state index in [-0.39, 0.29) is 52.6 Å². The van der Waals surface area contributed by atoms with Crippen LogP contribution in [0.25, 0.3) is 0 Å². The Labute approximate surface area is 355 Å². The van der Waals surface area contributed by atoms with E-state index in [2.05, 4.69) is 0 Å². The van der Waals surface area contributed by atoms with E-state index < -0.39 is 73.1 Å². The SMILES string of the molecule is CC1[C@@H](O)C(COCc2ccccc2)O[C@@H](O[C@H]2C(C)C(OCc3ccccc3)[C@H](OCCCNC(=O)C(F)(F)F)O[C@H]2COCc2ccccc2)[C@H]1OCc1ccccc1. The number of hydrogen-bond acceptors (Lipinski definition) is 10. The molecule has 330 valence electrons. The van der Waals surface area contributed by atoms with Gasteiger partial charge in [-0.05, 0) is 28.7 Å². The van der Waals surface area contributed by atoms with Gasteiger partial charge in [-0.3, -0.25) is 4.79 Å². The molecule has 11 nitrogen and oxygen atoms in total. The maximum atomic E-state index is 12.8. The normalized spacial score (nSPS) is 26.8. The third kappa shape index (κ3) is 13.9. The second-order valence-corrected chi connectivity index (χ2v) is 15.4. The highest BCUT2D eigenvalue weighted by Crippen LogP contribution is 2.37. The quantitative estimate of drug-likeness (QED) is 0.0837. The monoisotopic (exact) mass is 851 g/mol. The number of aliphatic hydroxyl groups is 1. The highest BCUT2D eigenvalue weighted by Gasteiger charge is 2.51. The Morgan fingerprint density at radius 3 is 1.54 bits per heavy atom. The lowest BCUT2D eigenvalue weighted by Crippen LogP contribution is -2.62. The molecule has 61 heavy (non-hydrogen) atoms. The molecule has 0 aromatic heterocycles. The van der Waals surface area contributed by atoms with Crippen molar-refractivity contribution < 1.29 is 61.0 Å². The smallest absolute Gasteiger partial charge is 0.390 e. The van der Waals surface area contributed by atoms with Crippen LogP contribution in [0.2, 0.25) is 0 Å². The Kier molecular flexibility index (Phi) is 17.7. The Balaban J connectivity index is 1.24. The Morgan fingerprint density at radius 2 is 1.05 bits per heavy atom. The number of amides is 1. The zero-order valence-electron chi connectivity index (χ0n) is 34.4. The van der Waals surface area contributed by atoms with Gasteiger partial charge in [0, 0.05) is 18.4 Å². The van der Waals surface area contributed by atoms with Gasteiger partial charge in [0.2, 0.25) is 0 Å². The van der Waals surface area contributed by atoms with E-state index in [0.29, 0.717) is 6.61 Å². The van der Waals surface area contributed by atoms with Crippen LogP contribution in [0.15, 0.2) is 121 Å². The first kappa shape index (κ1) is 46.3. The van der Waals surface area contributed by atoms with Crippen LogP contribution in [-0.4, -0.2) is 92.8 Å². The van der Waals surface area contributed by atoms with Crippen molar-refractivity contribution in [3.63, 3.8) is 0 Å². The predicted molar refractivity (Wildman–Crippen MR) is 218 cm³/mol. The summed E-state index contributed by atoms with van der Waals surface area (Å²) in [5, 5.41) is 13.5. The number of carbonyl (C=O) groups is 1. The van der Waals surface area contributed by atoms with Gasteiger partial charge in [0.1, 0.15) is 24.4 Å². The largest absolute Gasteiger partial charge is 0.471 e. The third-order valence-electron chi connectivity index (χ3n) is 10.8. The molecule has 4 aromatic carbocycles. The van der Waals surface area contributed by atoms with Crippen molar-refractivity contribution in [3.05, 3.63) is 144 Å². The fourth-order valence-electron chi connectivity index (χ4n) is 7.40. The van der Waals surface area contributed by atoms with E-state index >= 15 is 0 Å². The lowest BCUT2D eigenvalue weighted by Gasteiger charge is -2.49. The summed E-state index contributed by atoms with van der Waals surface area (Å²) in [6, 6.07) is 38.6. The number of hydrogen-bond donors (Lipinski definition) is 2. The minimum absolute atomic E-state index is 0.0367. The molecule has 0 bridgehead atoms. The van der Waals surface area contributed by atoms with E-state index in [0.717, 1.165) is 22.3 Å². The highest BCUT2D eigenvalue weighted by molar-refractivity contribution is 5.81. The fraction of sp³-hybridized carbons (Fsp3) is 0.468. The molecule has 2 aliphatic heterocycles. The minimum Gasteiger partial charge on any atom is -0.390 e. The summed E-state index contributed by atoms with van der Waals surface area (Å²) in [4.78, 5) is 11.4. The molecular formula is C47H56F3NO10. The number of aliphatic hydroxyl groups excluding tert-OH is 1. The minimum atomic E-state index is -4.99. The summed E-state index contributed by atoms with van der Waals surface area (Å²) in [7, 11) is 0. The molecule has 0 saturated carbocycles. The summed E-state index contributed by atoms with van der Waals surface area (Å²) in [5.41, 5.74) is 3.77. The Hall–Kier alpha value is -4.22. The fourth-order valence-corrected chi connectivity index (χ4v) is 7.40. The van der Waals surface area contributed by atoms with Gasteiger partial charge >= 0.3 is 12.1 Å². The standard InChI is InChI=1S/C47H56F3NO10/c1-32-40(52)38(30-54-26-34-16-7-3-8-17-34)59-45(42(32)57-28-36-20-11-5-12-21-36)61-41-33(2)43(58-29-37-22-13-6-14-23-37)44(56-25-15-24-51-46(53)47(48,49)50)60-39(41)31-55-27-35-18-9-4-10-19-35/h3-14,16-23,32-33,38-45,52H,15,24-31H2,1-2H3,(H,51,53)/t32?,33?,38?,39-,40+,41-,42-,43?,44+,45-/m0/s1. The molecule has 0 aliphatic carbocycles. The van der Waals surface area contributed by atoms with Gasteiger partial charge in [0.05, 0.1) is 58.5 Å². The number of carbonyl (C=O) groups excluding carboxylic acids is 1. The Morgan fingerprint density at radius 1 is 0.607 bits per heavy atom. The van der Waals surface area contributed by atoms with Crippen LogP contribution >= 0.6 is 0 Å². The molecule has 2 heterocycles. The average Bonchev–Trinajstić information content (AvgIpc) is 3.27. The summed E-state index contributed by atoms with van der Waals surface area (Å²) < 4.78 is 90.3. The molecule has 10 atom stereocenters. The first-order valence-electron chi connectivity index (χ1n) is 20.7. The summed E-state index contributed by atoms with van der Waals surface area (Å²) in [5.74, 6) is -2.90. The second-order valence-electron chi connectivity index (χ2n) is 15.4. The van der Waals surface area contributed by atoms with Crippen LogP contribution in [0.3, 0.4) is 0 Å². The van der Waals surface area contributed by atoms with Crippen molar-refractivity contribution in [1.82, 2.24) is 5.32 Å². The number of ether oxygens (including phenoxy) is 8. The second kappa shape index (κ2) is 23.3. The van der Waals surface area contributed by atoms with Gasteiger partial charge in [-0.1, -0.05) is 135 Å². The van der Waals surface area contributed by atoms with Gasteiger partial charge < -0.3 is 48.3 Å². The third-order valence-corrected chi connectivity index (χ3v) is 10.8. The topological polar surface area (TPSA) is 123 Å². The number of halogens is 3. The van der Waals surface area contributed by atoms with Crippen molar-refractivity contribution in [2.45, 2.75) is 102 Å². The van der Waals surface area contributed by atoms with Crippen LogP contribution in [0, 0.1) is 11.8 Å². The van der Waals surface area contributed by atoms with E-state index in [1.165, 1.54) is 0 Å². The molecule has 2 aliphatic rings. The average molecular weight is 852 g/mol. The van der Waals surface area contributed by atoms with Crippen LogP contribution in [-0.2, 0) is 69.1 Å². The van der Waals surface area contributed by atoms with Crippen molar-refractivity contribution in [2.75, 3.05) is 26.4 Å². The summed E-state index contributed by atoms with van der Waals surface area (Å²) in [6.07, 6.45) is -11.5. The maximum absolute atomic E-state index is 12.8. The summed E-state index contributed by atoms with van der Waals surface area (Å²) >= 11 is 0. The van der Waals surface area contributed by atoms with Crippen molar-refractivity contribution in [2.24, 2.45) is 11.8 Å². The Bertz CT molecular complexity index is 1840. The number of alkyl halides is 3. The molecule has 4 unspecified atom stereocenters. The van der Waals surface area contributed by atoms with Crippen molar-refractivity contribution >= 4 is 5.91 Å². The van der Waals surface area contributed by atoms with Crippen molar-refractivity contribution in [1.29, 1.82) is 0 Å². The molecule has 6 rings (SSSR count). The van der Waals surface area contributed by atoms with E-state index in [9.17, 15) is 23.1 Å². The molecule has 0 radical (unpaired) electrons. The molecular weight excluding hydrogens is 796 g/mol. The van der Waals surface area contributed by atoms with E-state index in [1.54, 1.807) is 0 Å². The molecule has 4 aromatic rings. The number of benzene rings is 4. The molecule has 2 fully saturated rings. The van der Waals surface area contributed by atoms with Gasteiger partial charge in [-0.15, -0.1) is 0 Å². The highest BCUT2D eigenvalue weighted by atomic mass is 19.4. The van der Waals surface area contributed by atoms with Crippen LogP contribution < -0.4 is 5.32 Å².